The molecule has 1 aliphatic heterocycles. The number of aliphatic hydroxyl groups is 4. The van der Waals surface area contributed by atoms with E-state index in [0.29, 0.717) is 11.9 Å². The van der Waals surface area contributed by atoms with E-state index in [2.05, 4.69) is 15.2 Å². The number of rotatable bonds is 7. The summed E-state index contributed by atoms with van der Waals surface area (Å²) in [6.07, 6.45) is -6.08. The smallest absolute Gasteiger partial charge is 0.244 e. The standard InChI is InChI=1S/C13H23N3O8S/c1-5(18)14-10(13(2,3)25-16-23)11(21)15-7-9(20)8(19)6(4-17)24-12(7)22/h6-10,12,17,19-20,22H,4H2,1-3H3,(H,14,18)(H,15,21)/t6-,7-,8-,9-,10?,12?/m1/s1. The quantitative estimate of drug-likeness (QED) is 0.207. The van der Waals surface area contributed by atoms with Crippen LogP contribution in [0.5, 0.6) is 0 Å². The van der Waals surface area contributed by atoms with Gasteiger partial charge < -0.3 is 35.8 Å². The Kier molecular flexibility index (Phi) is 7.71. The van der Waals surface area contributed by atoms with Gasteiger partial charge in [-0.1, -0.05) is 0 Å². The van der Waals surface area contributed by atoms with E-state index in [9.17, 15) is 29.8 Å². The summed E-state index contributed by atoms with van der Waals surface area (Å²) < 4.78 is 6.49. The summed E-state index contributed by atoms with van der Waals surface area (Å²) in [5, 5.41) is 43.5. The Morgan fingerprint density at radius 2 is 1.88 bits per heavy atom. The van der Waals surface area contributed by atoms with Crippen LogP contribution < -0.4 is 10.6 Å². The first kappa shape index (κ1) is 21.7. The molecule has 1 saturated heterocycles. The zero-order chi connectivity index (χ0) is 19.4. The molecule has 6 N–H and O–H groups in total. The molecular weight excluding hydrogens is 358 g/mol. The molecular formula is C13H23N3O8S. The van der Waals surface area contributed by atoms with Gasteiger partial charge in [-0.3, -0.25) is 9.59 Å². The second kappa shape index (κ2) is 8.87. The molecule has 1 rings (SSSR count). The Labute approximate surface area is 148 Å². The van der Waals surface area contributed by atoms with Crippen LogP contribution in [0.2, 0.25) is 0 Å². The van der Waals surface area contributed by atoms with Crippen molar-refractivity contribution in [3.63, 3.8) is 0 Å². The van der Waals surface area contributed by atoms with E-state index in [4.69, 9.17) is 9.84 Å². The predicted molar refractivity (Wildman–Crippen MR) is 87.0 cm³/mol. The zero-order valence-corrected chi connectivity index (χ0v) is 14.8. The SMILES string of the molecule is CC(=O)NC(C(=O)N[C@H]1C(O)O[C@H](CO)[C@@H](O)[C@@H]1O)C(C)(C)SN=O. The summed E-state index contributed by atoms with van der Waals surface area (Å²) in [6.45, 7) is 3.54. The lowest BCUT2D eigenvalue weighted by Crippen LogP contribution is -2.67. The van der Waals surface area contributed by atoms with Gasteiger partial charge in [0.1, 0.15) is 30.4 Å². The van der Waals surface area contributed by atoms with E-state index in [1.165, 1.54) is 20.8 Å². The van der Waals surface area contributed by atoms with Gasteiger partial charge in [-0.05, 0) is 13.8 Å². The fourth-order valence-corrected chi connectivity index (χ4v) is 2.87. The Balaban J connectivity index is 2.95. The van der Waals surface area contributed by atoms with Crippen molar-refractivity contribution in [2.24, 2.45) is 4.58 Å². The molecule has 0 aliphatic carbocycles. The van der Waals surface area contributed by atoms with Crippen LogP contribution in [0.15, 0.2) is 4.58 Å². The molecule has 6 atom stereocenters. The van der Waals surface area contributed by atoms with E-state index < -0.39 is 59.9 Å². The number of ether oxygens (including phenoxy) is 1. The lowest BCUT2D eigenvalue weighted by molar-refractivity contribution is -0.254. The zero-order valence-electron chi connectivity index (χ0n) is 13.9. The molecule has 11 nitrogen and oxygen atoms in total. The minimum absolute atomic E-state index is 0.535. The Morgan fingerprint density at radius 3 is 2.36 bits per heavy atom. The Bertz CT molecular complexity index is 506. The fraction of sp³-hybridized carbons (Fsp3) is 0.846. The van der Waals surface area contributed by atoms with E-state index in [0.717, 1.165) is 0 Å². The number of nitroso groups, excluding NO2 is 1. The number of carbonyl (C=O) groups is 2. The van der Waals surface area contributed by atoms with E-state index in [1.54, 1.807) is 0 Å². The van der Waals surface area contributed by atoms with Crippen molar-refractivity contribution in [3.8, 4) is 0 Å². The van der Waals surface area contributed by atoms with Crippen LogP contribution >= 0.6 is 11.9 Å². The molecule has 25 heavy (non-hydrogen) atoms. The summed E-state index contributed by atoms with van der Waals surface area (Å²) in [4.78, 5) is 34.4. The Hall–Kier alpha value is -1.31. The maximum atomic E-state index is 12.5. The molecule has 1 fully saturated rings. The molecule has 0 saturated carbocycles. The second-order valence-corrected chi connectivity index (χ2v) is 7.55. The molecule has 0 radical (unpaired) electrons. The molecule has 1 heterocycles. The van der Waals surface area contributed by atoms with Crippen molar-refractivity contribution >= 4 is 23.8 Å². The predicted octanol–water partition coefficient (Wildman–Crippen LogP) is -2.40. The average molecular weight is 381 g/mol. The summed E-state index contributed by atoms with van der Waals surface area (Å²) in [6, 6.07) is -2.63. The largest absolute Gasteiger partial charge is 0.394 e. The van der Waals surface area contributed by atoms with Gasteiger partial charge in [0.2, 0.25) is 11.8 Å². The maximum absolute atomic E-state index is 12.5. The average Bonchev–Trinajstić information content (AvgIpc) is 2.52. The first-order valence-electron chi connectivity index (χ1n) is 7.44. The first-order valence-corrected chi connectivity index (χ1v) is 8.21. The van der Waals surface area contributed by atoms with Crippen molar-refractivity contribution in [2.75, 3.05) is 6.61 Å². The van der Waals surface area contributed by atoms with E-state index in [1.807, 2.05) is 0 Å². The monoisotopic (exact) mass is 381 g/mol. The maximum Gasteiger partial charge on any atom is 0.244 e. The van der Waals surface area contributed by atoms with Crippen LogP contribution in [0.3, 0.4) is 0 Å². The molecule has 0 spiro atoms. The number of aliphatic hydroxyl groups excluding tert-OH is 4. The first-order chi connectivity index (χ1) is 11.5. The molecule has 0 bridgehead atoms. The summed E-state index contributed by atoms with van der Waals surface area (Å²) in [5.74, 6) is -1.36. The normalized spacial score (nSPS) is 31.1. The lowest BCUT2D eigenvalue weighted by Gasteiger charge is -2.41. The van der Waals surface area contributed by atoms with E-state index >= 15 is 0 Å². The number of hydrogen-bond donors (Lipinski definition) is 6. The number of carbonyl (C=O) groups excluding carboxylic acids is 2. The fourth-order valence-electron chi connectivity index (χ4n) is 2.41. The lowest BCUT2D eigenvalue weighted by atomic mass is 9.95. The van der Waals surface area contributed by atoms with Crippen molar-refractivity contribution < 1.29 is 34.8 Å². The van der Waals surface area contributed by atoms with Crippen LogP contribution in [0.4, 0.5) is 0 Å². The van der Waals surface area contributed by atoms with Crippen molar-refractivity contribution in [1.29, 1.82) is 0 Å². The van der Waals surface area contributed by atoms with Gasteiger partial charge in [0.15, 0.2) is 6.29 Å². The van der Waals surface area contributed by atoms with Crippen LogP contribution in [0, 0.1) is 4.91 Å². The summed E-state index contributed by atoms with van der Waals surface area (Å²) in [5.41, 5.74) is 0. The summed E-state index contributed by atoms with van der Waals surface area (Å²) >= 11 is 0.535. The number of nitrogens with zero attached hydrogens (tertiary/aromatic N) is 1. The highest BCUT2D eigenvalue weighted by Gasteiger charge is 2.46. The molecule has 12 heteroatoms. The molecule has 0 aromatic carbocycles. The minimum Gasteiger partial charge on any atom is -0.394 e. The summed E-state index contributed by atoms with van der Waals surface area (Å²) in [7, 11) is 0. The number of nitrogens with one attached hydrogen (secondary N) is 2. The van der Waals surface area contributed by atoms with Gasteiger partial charge in [0.05, 0.1) is 11.4 Å². The molecule has 2 amide bonds. The topological polar surface area (TPSA) is 178 Å². The third-order valence-electron chi connectivity index (χ3n) is 3.79. The third-order valence-corrected chi connectivity index (χ3v) is 4.57. The van der Waals surface area contributed by atoms with Crippen molar-refractivity contribution in [2.45, 2.75) is 62.2 Å². The van der Waals surface area contributed by atoms with Gasteiger partial charge in [0.25, 0.3) is 0 Å². The van der Waals surface area contributed by atoms with Gasteiger partial charge >= 0.3 is 0 Å². The van der Waals surface area contributed by atoms with Crippen LogP contribution in [0.25, 0.3) is 0 Å². The molecule has 1 aliphatic rings. The molecule has 144 valence electrons. The van der Waals surface area contributed by atoms with Gasteiger partial charge in [0, 0.05) is 23.5 Å². The number of amides is 2. The molecule has 2 unspecified atom stereocenters. The van der Waals surface area contributed by atoms with Crippen molar-refractivity contribution in [3.05, 3.63) is 4.91 Å². The Morgan fingerprint density at radius 1 is 1.28 bits per heavy atom. The van der Waals surface area contributed by atoms with Crippen molar-refractivity contribution in [1.82, 2.24) is 10.6 Å². The minimum atomic E-state index is -1.70. The third kappa shape index (κ3) is 5.33. The van der Waals surface area contributed by atoms with E-state index in [-0.39, 0.29) is 0 Å². The number of hydrogen-bond acceptors (Lipinski definition) is 10. The van der Waals surface area contributed by atoms with Gasteiger partial charge in [-0.15, -0.1) is 4.91 Å². The highest BCUT2D eigenvalue weighted by Crippen LogP contribution is 2.29. The highest BCUT2D eigenvalue weighted by molar-refractivity contribution is 7.99. The van der Waals surface area contributed by atoms with Crippen LogP contribution in [0.1, 0.15) is 20.8 Å². The molecule has 0 aromatic rings. The van der Waals surface area contributed by atoms with Crippen LogP contribution in [-0.2, 0) is 14.3 Å². The van der Waals surface area contributed by atoms with Gasteiger partial charge in [-0.25, -0.2) is 0 Å². The highest BCUT2D eigenvalue weighted by atomic mass is 32.2. The van der Waals surface area contributed by atoms with Gasteiger partial charge in [-0.2, -0.15) is 0 Å². The second-order valence-electron chi connectivity index (χ2n) is 6.17. The molecule has 0 aromatic heterocycles. The van der Waals surface area contributed by atoms with Crippen LogP contribution in [-0.4, -0.2) is 80.3 Å².